The van der Waals surface area contributed by atoms with Crippen molar-refractivity contribution in [3.05, 3.63) is 56.9 Å². The number of H-pyrrole nitrogens is 1. The monoisotopic (exact) mass is 362 g/mol. The number of fused-ring (bicyclic) bond motifs is 1. The fourth-order valence-corrected chi connectivity index (χ4v) is 3.14. The molecule has 0 atom stereocenters. The van der Waals surface area contributed by atoms with Crippen molar-refractivity contribution in [1.29, 1.82) is 0 Å². The first-order valence-corrected chi connectivity index (χ1v) is 8.47. The minimum absolute atomic E-state index is 0.149. The van der Waals surface area contributed by atoms with Crippen LogP contribution in [0, 0.1) is 0 Å². The van der Waals surface area contributed by atoms with Gasteiger partial charge in [0.25, 0.3) is 5.56 Å². The molecule has 8 heteroatoms. The van der Waals surface area contributed by atoms with E-state index >= 15 is 0 Å². The number of halogens is 1. The van der Waals surface area contributed by atoms with Crippen LogP contribution in [-0.2, 0) is 11.3 Å². The van der Waals surface area contributed by atoms with Gasteiger partial charge in [-0.2, -0.15) is 0 Å². The molecule has 0 aliphatic heterocycles. The fraction of sp³-hybridized carbons (Fsp3) is 0.188. The summed E-state index contributed by atoms with van der Waals surface area (Å²) < 4.78 is 0.613. The van der Waals surface area contributed by atoms with Gasteiger partial charge in [-0.3, -0.25) is 14.5 Å². The van der Waals surface area contributed by atoms with E-state index in [1.54, 1.807) is 36.2 Å². The van der Waals surface area contributed by atoms with Crippen molar-refractivity contribution in [2.24, 2.45) is 0 Å². The number of nitrogens with zero attached hydrogens (tertiary/aromatic N) is 2. The topological polar surface area (TPSA) is 78.1 Å². The number of carbonyl (C=O) groups excluding carboxylic acids is 1. The lowest BCUT2D eigenvalue weighted by atomic mass is 10.3. The van der Waals surface area contributed by atoms with Gasteiger partial charge < -0.3 is 10.3 Å². The average Bonchev–Trinajstić information content (AvgIpc) is 2.98. The van der Waals surface area contributed by atoms with Crippen molar-refractivity contribution in [3.8, 4) is 0 Å². The Kier molecular flexibility index (Phi) is 4.94. The molecule has 24 heavy (non-hydrogen) atoms. The lowest BCUT2D eigenvalue weighted by molar-refractivity contribution is -0.117. The van der Waals surface area contributed by atoms with E-state index in [1.807, 2.05) is 11.4 Å². The second kappa shape index (κ2) is 7.12. The molecule has 2 aromatic heterocycles. The van der Waals surface area contributed by atoms with Crippen LogP contribution in [0.3, 0.4) is 0 Å². The maximum atomic E-state index is 12.1. The van der Waals surface area contributed by atoms with E-state index in [-0.39, 0.29) is 18.0 Å². The van der Waals surface area contributed by atoms with Crippen LogP contribution in [0.15, 0.2) is 40.5 Å². The lowest BCUT2D eigenvalue weighted by Gasteiger charge is -2.15. The van der Waals surface area contributed by atoms with Gasteiger partial charge >= 0.3 is 0 Å². The molecular weight excluding hydrogens is 348 g/mol. The van der Waals surface area contributed by atoms with E-state index in [9.17, 15) is 9.59 Å². The Labute approximate surface area is 147 Å². The van der Waals surface area contributed by atoms with Crippen LogP contribution in [0.2, 0.25) is 5.02 Å². The Morgan fingerprint density at radius 2 is 2.08 bits per heavy atom. The Morgan fingerprint density at radius 1 is 1.33 bits per heavy atom. The zero-order valence-corrected chi connectivity index (χ0v) is 14.4. The molecule has 2 N–H and O–H groups in total. The molecule has 6 nitrogen and oxygen atoms in total. The van der Waals surface area contributed by atoms with Gasteiger partial charge in [-0.1, -0.05) is 11.6 Å². The lowest BCUT2D eigenvalue weighted by Crippen LogP contribution is -2.31. The number of nitrogens with one attached hydrogen (secondary N) is 2. The van der Waals surface area contributed by atoms with E-state index in [0.29, 0.717) is 33.3 Å². The normalized spacial score (nSPS) is 11.1. The molecule has 0 fully saturated rings. The molecular formula is C16H15ClN4O2S. The van der Waals surface area contributed by atoms with Gasteiger partial charge in [0, 0.05) is 10.7 Å². The first kappa shape index (κ1) is 16.6. The van der Waals surface area contributed by atoms with Crippen molar-refractivity contribution >= 4 is 44.7 Å². The number of rotatable bonds is 5. The van der Waals surface area contributed by atoms with E-state index in [2.05, 4.69) is 15.3 Å². The minimum atomic E-state index is -0.154. The largest absolute Gasteiger partial charge is 0.325 e. The number of aromatic amines is 1. The van der Waals surface area contributed by atoms with E-state index in [1.165, 1.54) is 11.3 Å². The molecule has 0 unspecified atom stereocenters. The standard InChI is InChI=1S/C16H15ClN4O2S/c1-21(9-14(22)18-11-4-2-10(17)3-5-11)8-13-19-12-6-7-24-15(12)16(23)20-13/h2-7H,8-9H2,1H3,(H,18,22)(H,19,20,23). The van der Waals surface area contributed by atoms with Gasteiger partial charge in [-0.25, -0.2) is 4.98 Å². The van der Waals surface area contributed by atoms with E-state index in [0.717, 1.165) is 0 Å². The van der Waals surface area contributed by atoms with Gasteiger partial charge in [0.15, 0.2) is 0 Å². The molecule has 124 valence electrons. The number of amides is 1. The van der Waals surface area contributed by atoms with Crippen molar-refractivity contribution in [3.63, 3.8) is 0 Å². The zero-order valence-electron chi connectivity index (χ0n) is 12.9. The number of aromatic nitrogens is 2. The molecule has 1 amide bonds. The molecule has 3 rings (SSSR count). The highest BCUT2D eigenvalue weighted by Gasteiger charge is 2.11. The van der Waals surface area contributed by atoms with E-state index in [4.69, 9.17) is 11.6 Å². The number of hydrogen-bond acceptors (Lipinski definition) is 5. The number of hydrogen-bond donors (Lipinski definition) is 2. The van der Waals surface area contributed by atoms with Gasteiger partial charge in [-0.05, 0) is 42.8 Å². The van der Waals surface area contributed by atoms with Crippen LogP contribution >= 0.6 is 22.9 Å². The first-order valence-electron chi connectivity index (χ1n) is 7.21. The smallest absolute Gasteiger partial charge is 0.268 e. The number of thiophene rings is 1. The molecule has 2 heterocycles. The number of carbonyl (C=O) groups is 1. The Hall–Kier alpha value is -2.22. The number of benzene rings is 1. The predicted molar refractivity (Wildman–Crippen MR) is 96.7 cm³/mol. The second-order valence-corrected chi connectivity index (χ2v) is 6.73. The summed E-state index contributed by atoms with van der Waals surface area (Å²) in [7, 11) is 1.79. The molecule has 0 spiro atoms. The van der Waals surface area contributed by atoms with Crippen LogP contribution in [0.25, 0.3) is 10.2 Å². The highest BCUT2D eigenvalue weighted by atomic mass is 35.5. The predicted octanol–water partition coefficient (Wildman–Crippen LogP) is 2.71. The van der Waals surface area contributed by atoms with Gasteiger partial charge in [0.1, 0.15) is 10.5 Å². The summed E-state index contributed by atoms with van der Waals surface area (Å²) in [6, 6.07) is 8.72. The van der Waals surface area contributed by atoms with Crippen LogP contribution in [0.4, 0.5) is 5.69 Å². The summed E-state index contributed by atoms with van der Waals surface area (Å²) in [5.74, 6) is 0.381. The van der Waals surface area contributed by atoms with Crippen molar-refractivity contribution in [2.45, 2.75) is 6.54 Å². The van der Waals surface area contributed by atoms with Crippen LogP contribution in [0.1, 0.15) is 5.82 Å². The Balaban J connectivity index is 1.61. The molecule has 0 aliphatic rings. The molecule has 0 saturated heterocycles. The average molecular weight is 363 g/mol. The third-order valence-electron chi connectivity index (χ3n) is 3.33. The van der Waals surface area contributed by atoms with Crippen LogP contribution < -0.4 is 10.9 Å². The molecule has 0 saturated carbocycles. The molecule has 3 aromatic rings. The third-order valence-corrected chi connectivity index (χ3v) is 4.48. The molecule has 0 aliphatic carbocycles. The van der Waals surface area contributed by atoms with Crippen molar-refractivity contribution < 1.29 is 4.79 Å². The Bertz CT molecular complexity index is 920. The summed E-state index contributed by atoms with van der Waals surface area (Å²) >= 11 is 7.17. The maximum absolute atomic E-state index is 12.1. The fourth-order valence-electron chi connectivity index (χ4n) is 2.29. The summed E-state index contributed by atoms with van der Waals surface area (Å²) in [4.78, 5) is 32.9. The summed E-state index contributed by atoms with van der Waals surface area (Å²) in [6.07, 6.45) is 0. The second-order valence-electron chi connectivity index (χ2n) is 5.37. The quantitative estimate of drug-likeness (QED) is 0.731. The Morgan fingerprint density at radius 3 is 2.83 bits per heavy atom. The van der Waals surface area contributed by atoms with Crippen LogP contribution in [0.5, 0.6) is 0 Å². The van der Waals surface area contributed by atoms with Gasteiger partial charge in [0.2, 0.25) is 5.91 Å². The summed E-state index contributed by atoms with van der Waals surface area (Å²) in [5.41, 5.74) is 1.21. The van der Waals surface area contributed by atoms with E-state index < -0.39 is 0 Å². The molecule has 0 radical (unpaired) electrons. The summed E-state index contributed by atoms with van der Waals surface area (Å²) in [6.45, 7) is 0.545. The van der Waals surface area contributed by atoms with Gasteiger partial charge in [-0.15, -0.1) is 11.3 Å². The molecule has 0 bridgehead atoms. The maximum Gasteiger partial charge on any atom is 0.268 e. The first-order chi connectivity index (χ1) is 11.5. The number of likely N-dealkylation sites (N-methyl/N-ethyl adjacent to an activating group) is 1. The SMILES string of the molecule is CN(CC(=O)Nc1ccc(Cl)cc1)Cc1nc2ccsc2c(=O)[nH]1. The summed E-state index contributed by atoms with van der Waals surface area (Å²) in [5, 5.41) is 5.24. The zero-order chi connectivity index (χ0) is 17.1. The van der Waals surface area contributed by atoms with Crippen LogP contribution in [-0.4, -0.2) is 34.4 Å². The third kappa shape index (κ3) is 4.00. The van der Waals surface area contributed by atoms with Crippen molar-refractivity contribution in [2.75, 3.05) is 18.9 Å². The van der Waals surface area contributed by atoms with Crippen molar-refractivity contribution in [1.82, 2.24) is 14.9 Å². The highest BCUT2D eigenvalue weighted by molar-refractivity contribution is 7.17. The highest BCUT2D eigenvalue weighted by Crippen LogP contribution is 2.15. The molecule has 1 aromatic carbocycles. The minimum Gasteiger partial charge on any atom is -0.325 e. The number of anilines is 1. The van der Waals surface area contributed by atoms with Gasteiger partial charge in [0.05, 0.1) is 18.6 Å².